The Bertz CT molecular complexity index is 1080. The maximum absolute atomic E-state index is 15.6. The smallest absolute Gasteiger partial charge is 0.276 e. The lowest BCUT2D eigenvalue weighted by molar-refractivity contribution is -0.0808. The molecular weight excluding hydrogens is 522 g/mol. The molecule has 1 saturated heterocycles. The van der Waals surface area contributed by atoms with E-state index < -0.39 is 11.8 Å². The molecule has 0 amide bonds. The van der Waals surface area contributed by atoms with Gasteiger partial charge in [0.2, 0.25) is 0 Å². The number of allylic oxidation sites excluding steroid dienone is 2. The molecule has 4 nitrogen and oxygen atoms in total. The summed E-state index contributed by atoms with van der Waals surface area (Å²) < 4.78 is 33.5. The Labute approximate surface area is 235 Å². The molecule has 1 aromatic carbocycles. The molecule has 1 aliphatic carbocycles. The van der Waals surface area contributed by atoms with Crippen LogP contribution in [-0.4, -0.2) is 42.0 Å². The zero-order chi connectivity index (χ0) is 27.1. The Hall–Kier alpha value is -2.09. The molecule has 2 aromatic rings. The standard InChI is InChI=1S/C30H39ClF2N4S/c1-4-5-6-15-34-26-11-13-27(14-12-26)38-37-18-16-36(17-19-37)29-21-25(20-28(31)35-29)30(32,33)24-9-7-23(8-10-24)22(2)3/h4,11-14,20-21,23-24,34H,1-2,5-10,15-19H2,3H3. The van der Waals surface area contributed by atoms with Crippen LogP contribution in [0.3, 0.4) is 0 Å². The molecule has 1 aromatic heterocycles. The average Bonchev–Trinajstić information content (AvgIpc) is 2.92. The van der Waals surface area contributed by atoms with Crippen molar-refractivity contribution in [1.82, 2.24) is 9.29 Å². The summed E-state index contributed by atoms with van der Waals surface area (Å²) in [5.74, 6) is -2.70. The predicted molar refractivity (Wildman–Crippen MR) is 157 cm³/mol. The van der Waals surface area contributed by atoms with Gasteiger partial charge in [0, 0.05) is 54.8 Å². The quantitative estimate of drug-likeness (QED) is 0.129. The summed E-state index contributed by atoms with van der Waals surface area (Å²) >= 11 is 8.00. The van der Waals surface area contributed by atoms with E-state index in [0.29, 0.717) is 37.7 Å². The summed E-state index contributed by atoms with van der Waals surface area (Å²) in [6, 6.07) is 11.4. The Balaban J connectivity index is 1.32. The van der Waals surface area contributed by atoms with Gasteiger partial charge in [0.25, 0.3) is 5.92 Å². The maximum Gasteiger partial charge on any atom is 0.276 e. The molecular formula is C30H39ClF2N4S. The average molecular weight is 561 g/mol. The zero-order valence-electron chi connectivity index (χ0n) is 22.3. The number of hydrogen-bond acceptors (Lipinski definition) is 5. The summed E-state index contributed by atoms with van der Waals surface area (Å²) in [7, 11) is 0. The molecule has 2 aliphatic rings. The third-order valence-electron chi connectivity index (χ3n) is 7.67. The number of piperazine rings is 1. The van der Waals surface area contributed by atoms with E-state index in [-0.39, 0.29) is 10.7 Å². The van der Waals surface area contributed by atoms with Gasteiger partial charge in [0.15, 0.2) is 0 Å². The highest BCUT2D eigenvalue weighted by atomic mass is 35.5. The van der Waals surface area contributed by atoms with Crippen LogP contribution in [0.5, 0.6) is 0 Å². The number of halogens is 3. The number of nitrogens with zero attached hydrogens (tertiary/aromatic N) is 3. The summed E-state index contributed by atoms with van der Waals surface area (Å²) in [6.07, 6.45) is 6.57. The molecule has 0 bridgehead atoms. The number of alkyl halides is 2. The predicted octanol–water partition coefficient (Wildman–Crippen LogP) is 8.42. The van der Waals surface area contributed by atoms with Crippen LogP contribution in [0, 0.1) is 11.8 Å². The van der Waals surface area contributed by atoms with Crippen LogP contribution in [0.15, 0.2) is 66.1 Å². The van der Waals surface area contributed by atoms with Crippen LogP contribution >= 0.6 is 23.5 Å². The van der Waals surface area contributed by atoms with E-state index in [1.54, 1.807) is 18.0 Å². The van der Waals surface area contributed by atoms with E-state index in [1.165, 1.54) is 11.0 Å². The summed E-state index contributed by atoms with van der Waals surface area (Å²) in [6.45, 7) is 13.7. The highest BCUT2D eigenvalue weighted by Crippen LogP contribution is 2.46. The van der Waals surface area contributed by atoms with Gasteiger partial charge in [0.05, 0.1) is 0 Å². The van der Waals surface area contributed by atoms with Gasteiger partial charge < -0.3 is 10.2 Å². The second-order valence-electron chi connectivity index (χ2n) is 10.4. The van der Waals surface area contributed by atoms with Crippen molar-refractivity contribution in [2.24, 2.45) is 11.8 Å². The topological polar surface area (TPSA) is 31.4 Å². The SMILES string of the molecule is C=CCCCNc1ccc(SN2CCN(c3cc(C(F)(F)C4CCC(C(=C)C)CC4)cc(Cl)n3)CC2)cc1. The molecule has 4 rings (SSSR count). The lowest BCUT2D eigenvalue weighted by Gasteiger charge is -2.36. The van der Waals surface area contributed by atoms with Crippen molar-refractivity contribution in [3.63, 3.8) is 0 Å². The van der Waals surface area contributed by atoms with Crippen molar-refractivity contribution in [2.75, 3.05) is 42.9 Å². The maximum atomic E-state index is 15.6. The fourth-order valence-electron chi connectivity index (χ4n) is 5.29. The number of pyridine rings is 1. The van der Waals surface area contributed by atoms with Crippen molar-refractivity contribution in [3.8, 4) is 0 Å². The van der Waals surface area contributed by atoms with E-state index in [0.717, 1.165) is 56.6 Å². The summed E-state index contributed by atoms with van der Waals surface area (Å²) in [5, 5.41) is 3.56. The monoisotopic (exact) mass is 560 g/mol. The number of aromatic nitrogens is 1. The second kappa shape index (κ2) is 13.3. The molecule has 2 fully saturated rings. The second-order valence-corrected chi connectivity index (χ2v) is 12.0. The molecule has 0 radical (unpaired) electrons. The van der Waals surface area contributed by atoms with Gasteiger partial charge in [-0.2, -0.15) is 0 Å². The van der Waals surface area contributed by atoms with Crippen LogP contribution in [-0.2, 0) is 5.92 Å². The first-order chi connectivity index (χ1) is 18.3. The van der Waals surface area contributed by atoms with Crippen molar-refractivity contribution in [3.05, 3.63) is 71.9 Å². The van der Waals surface area contributed by atoms with Gasteiger partial charge in [-0.3, -0.25) is 0 Å². The van der Waals surface area contributed by atoms with E-state index in [9.17, 15) is 0 Å². The molecule has 0 unspecified atom stereocenters. The molecule has 8 heteroatoms. The number of anilines is 2. The minimum atomic E-state index is -2.92. The van der Waals surface area contributed by atoms with Crippen molar-refractivity contribution in [2.45, 2.75) is 56.3 Å². The molecule has 1 saturated carbocycles. The third-order valence-corrected chi connectivity index (χ3v) is 8.97. The number of unbranched alkanes of at least 4 members (excludes halogenated alkanes) is 1. The van der Waals surface area contributed by atoms with Crippen molar-refractivity contribution in [1.29, 1.82) is 0 Å². The molecule has 0 spiro atoms. The minimum absolute atomic E-state index is 0.0127. The molecule has 2 heterocycles. The summed E-state index contributed by atoms with van der Waals surface area (Å²) in [5.41, 5.74) is 2.20. The Morgan fingerprint density at radius 3 is 2.45 bits per heavy atom. The molecule has 38 heavy (non-hydrogen) atoms. The number of hydrogen-bond donors (Lipinski definition) is 1. The minimum Gasteiger partial charge on any atom is -0.385 e. The van der Waals surface area contributed by atoms with Crippen LogP contribution in [0.1, 0.15) is 51.0 Å². The largest absolute Gasteiger partial charge is 0.385 e. The first-order valence-corrected chi connectivity index (χ1v) is 14.8. The van der Waals surface area contributed by atoms with Crippen LogP contribution in [0.4, 0.5) is 20.3 Å². The van der Waals surface area contributed by atoms with E-state index >= 15 is 8.78 Å². The molecule has 1 aliphatic heterocycles. The van der Waals surface area contributed by atoms with Crippen LogP contribution in [0.25, 0.3) is 0 Å². The van der Waals surface area contributed by atoms with Crippen molar-refractivity contribution >= 4 is 35.1 Å². The van der Waals surface area contributed by atoms with Gasteiger partial charge in [-0.05, 0) is 99.7 Å². The number of rotatable bonds is 11. The van der Waals surface area contributed by atoms with Gasteiger partial charge >= 0.3 is 0 Å². The van der Waals surface area contributed by atoms with E-state index in [2.05, 4.69) is 56.9 Å². The fraction of sp³-hybridized carbons (Fsp3) is 0.500. The van der Waals surface area contributed by atoms with Crippen molar-refractivity contribution < 1.29 is 8.78 Å². The Morgan fingerprint density at radius 2 is 1.82 bits per heavy atom. The highest BCUT2D eigenvalue weighted by molar-refractivity contribution is 7.97. The summed E-state index contributed by atoms with van der Waals surface area (Å²) in [4.78, 5) is 7.66. The Morgan fingerprint density at radius 1 is 1.13 bits per heavy atom. The Kier molecular flexibility index (Phi) is 10.1. The van der Waals surface area contributed by atoms with Gasteiger partial charge in [-0.1, -0.05) is 29.8 Å². The third kappa shape index (κ3) is 7.51. The molecule has 206 valence electrons. The first-order valence-electron chi connectivity index (χ1n) is 13.6. The molecule has 1 N–H and O–H groups in total. The lowest BCUT2D eigenvalue weighted by atomic mass is 9.75. The van der Waals surface area contributed by atoms with Crippen LogP contribution < -0.4 is 10.2 Å². The normalized spacial score (nSPS) is 20.8. The van der Waals surface area contributed by atoms with E-state index in [4.69, 9.17) is 11.6 Å². The van der Waals surface area contributed by atoms with Gasteiger partial charge in [-0.25, -0.2) is 18.1 Å². The van der Waals surface area contributed by atoms with Crippen LogP contribution in [0.2, 0.25) is 5.15 Å². The lowest BCUT2D eigenvalue weighted by Crippen LogP contribution is -2.44. The molecule has 0 atom stereocenters. The van der Waals surface area contributed by atoms with Gasteiger partial charge in [0.1, 0.15) is 11.0 Å². The zero-order valence-corrected chi connectivity index (χ0v) is 23.8. The number of benzene rings is 1. The number of nitrogens with one attached hydrogen (secondary N) is 1. The van der Waals surface area contributed by atoms with E-state index in [1.807, 2.05) is 13.0 Å². The van der Waals surface area contributed by atoms with Gasteiger partial charge in [-0.15, -0.1) is 6.58 Å². The fourth-order valence-corrected chi connectivity index (χ4v) is 6.40. The highest BCUT2D eigenvalue weighted by Gasteiger charge is 2.43. The first kappa shape index (κ1) is 28.9.